The van der Waals surface area contributed by atoms with Crippen LogP contribution < -0.4 is 5.32 Å². The Balaban J connectivity index is 3.37. The summed E-state index contributed by atoms with van der Waals surface area (Å²) >= 11 is 0. The molecule has 0 saturated carbocycles. The number of allylic oxidation sites excluding steroid dienone is 2. The SMILES string of the molecule is CCCCCCCC/C=C\CCCCCCCC(=O)OCCCCCCCCCCCCCCCCCCCCCCCC(=O)NC(CO)C(O)CCCCCCCCCCCCCCC. The highest BCUT2D eigenvalue weighted by molar-refractivity contribution is 5.76. The van der Waals surface area contributed by atoms with Crippen LogP contribution >= 0.6 is 0 Å². The van der Waals surface area contributed by atoms with Crippen LogP contribution in [-0.2, 0) is 14.3 Å². The second-order valence-corrected chi connectivity index (χ2v) is 20.7. The fourth-order valence-electron chi connectivity index (χ4n) is 9.46. The predicted molar refractivity (Wildman–Crippen MR) is 287 cm³/mol. The number of nitrogens with one attached hydrogen (secondary N) is 1. The first kappa shape index (κ1) is 64.6. The van der Waals surface area contributed by atoms with Crippen LogP contribution in [-0.4, -0.2) is 47.4 Å². The van der Waals surface area contributed by atoms with Crippen LogP contribution in [0, 0.1) is 0 Å². The number of carbonyl (C=O) groups is 2. The fraction of sp³-hybridized carbons (Fsp3) is 0.933. The van der Waals surface area contributed by atoms with Gasteiger partial charge in [0, 0.05) is 12.8 Å². The summed E-state index contributed by atoms with van der Waals surface area (Å²) in [6, 6.07) is -0.541. The summed E-state index contributed by atoms with van der Waals surface area (Å²) in [6.45, 7) is 4.96. The van der Waals surface area contributed by atoms with Gasteiger partial charge in [-0.1, -0.05) is 283 Å². The van der Waals surface area contributed by atoms with E-state index in [1.165, 1.54) is 257 Å². The van der Waals surface area contributed by atoms with Crippen molar-refractivity contribution in [2.24, 2.45) is 0 Å². The molecule has 0 aliphatic carbocycles. The van der Waals surface area contributed by atoms with Crippen molar-refractivity contribution in [2.75, 3.05) is 13.2 Å². The molecule has 0 saturated heterocycles. The molecule has 3 N–H and O–H groups in total. The summed E-state index contributed by atoms with van der Waals surface area (Å²) in [5, 5.41) is 23.2. The van der Waals surface area contributed by atoms with E-state index in [1.807, 2.05) is 0 Å². The number of carbonyl (C=O) groups excluding carboxylic acids is 2. The number of rotatable bonds is 56. The first-order valence-electron chi connectivity index (χ1n) is 29.9. The predicted octanol–water partition coefficient (Wildman–Crippen LogP) is 18.5. The van der Waals surface area contributed by atoms with E-state index in [1.54, 1.807) is 0 Å². The Labute approximate surface area is 412 Å². The van der Waals surface area contributed by atoms with Crippen LogP contribution in [0.25, 0.3) is 0 Å². The molecular weight excluding hydrogens is 815 g/mol. The van der Waals surface area contributed by atoms with Crippen LogP contribution in [0.1, 0.15) is 335 Å². The van der Waals surface area contributed by atoms with Gasteiger partial charge in [-0.3, -0.25) is 9.59 Å². The van der Waals surface area contributed by atoms with Gasteiger partial charge in [0.25, 0.3) is 0 Å². The maximum atomic E-state index is 12.5. The van der Waals surface area contributed by atoms with Crippen LogP contribution in [0.4, 0.5) is 0 Å². The maximum Gasteiger partial charge on any atom is 0.305 e. The maximum absolute atomic E-state index is 12.5. The average Bonchev–Trinajstić information content (AvgIpc) is 3.32. The molecule has 0 radical (unpaired) electrons. The highest BCUT2D eigenvalue weighted by Crippen LogP contribution is 2.18. The van der Waals surface area contributed by atoms with Crippen molar-refractivity contribution in [2.45, 2.75) is 347 Å². The Bertz CT molecular complexity index is 986. The Hall–Kier alpha value is -1.40. The molecule has 0 heterocycles. The number of aliphatic hydroxyl groups is 2. The lowest BCUT2D eigenvalue weighted by Crippen LogP contribution is -2.45. The standard InChI is InChI=1S/C60H117NO5/c1-3-5-7-9-11-13-15-17-25-30-34-38-42-46-50-54-60(65)66-55-51-47-43-39-35-31-27-24-22-20-18-19-21-23-26-29-33-37-41-45-49-53-59(64)61-57(56-62)58(63)52-48-44-40-36-32-28-16-14-12-10-8-6-4-2/h17,25,57-58,62-63H,3-16,18-24,26-56H2,1-2H3,(H,61,64)/b25-17-. The second-order valence-electron chi connectivity index (χ2n) is 20.7. The smallest absolute Gasteiger partial charge is 0.305 e. The van der Waals surface area contributed by atoms with E-state index in [9.17, 15) is 19.8 Å². The first-order chi connectivity index (χ1) is 32.5. The molecule has 0 bridgehead atoms. The van der Waals surface area contributed by atoms with Gasteiger partial charge >= 0.3 is 5.97 Å². The molecule has 0 aromatic rings. The second kappa shape index (κ2) is 56.2. The highest BCUT2D eigenvalue weighted by Gasteiger charge is 2.20. The van der Waals surface area contributed by atoms with Crippen LogP contribution in [0.2, 0.25) is 0 Å². The first-order valence-corrected chi connectivity index (χ1v) is 29.9. The van der Waals surface area contributed by atoms with E-state index in [4.69, 9.17) is 4.74 Å². The molecule has 1 amide bonds. The number of ether oxygens (including phenoxy) is 1. The van der Waals surface area contributed by atoms with Gasteiger partial charge in [0.2, 0.25) is 5.91 Å². The lowest BCUT2D eigenvalue weighted by Gasteiger charge is -2.22. The summed E-state index contributed by atoms with van der Waals surface area (Å²) in [6.07, 6.45) is 66.4. The van der Waals surface area contributed by atoms with E-state index in [2.05, 4.69) is 31.3 Å². The Morgan fingerprint density at radius 1 is 0.409 bits per heavy atom. The average molecular weight is 933 g/mol. The quantitative estimate of drug-likeness (QED) is 0.0321. The monoisotopic (exact) mass is 932 g/mol. The minimum absolute atomic E-state index is 0.00463. The van der Waals surface area contributed by atoms with Gasteiger partial charge in [-0.25, -0.2) is 0 Å². The molecule has 2 unspecified atom stereocenters. The van der Waals surface area contributed by atoms with Gasteiger partial charge in [-0.2, -0.15) is 0 Å². The molecule has 0 fully saturated rings. The van der Waals surface area contributed by atoms with E-state index < -0.39 is 12.1 Å². The summed E-state index contributed by atoms with van der Waals surface area (Å²) in [5.41, 5.74) is 0. The minimum Gasteiger partial charge on any atom is -0.466 e. The number of hydrogen-bond acceptors (Lipinski definition) is 5. The zero-order valence-corrected chi connectivity index (χ0v) is 44.7. The topological polar surface area (TPSA) is 95.9 Å². The molecule has 0 aliphatic rings. The van der Waals surface area contributed by atoms with Crippen molar-refractivity contribution in [3.63, 3.8) is 0 Å². The Morgan fingerprint density at radius 3 is 1.08 bits per heavy atom. The van der Waals surface area contributed by atoms with Crippen molar-refractivity contribution in [3.05, 3.63) is 12.2 Å². The van der Waals surface area contributed by atoms with E-state index in [-0.39, 0.29) is 18.5 Å². The zero-order valence-electron chi connectivity index (χ0n) is 44.7. The Morgan fingerprint density at radius 2 is 0.712 bits per heavy atom. The molecule has 66 heavy (non-hydrogen) atoms. The van der Waals surface area contributed by atoms with Crippen molar-refractivity contribution in [3.8, 4) is 0 Å². The number of aliphatic hydroxyl groups excluding tert-OH is 2. The molecule has 392 valence electrons. The minimum atomic E-state index is -0.663. The third-order valence-corrected chi connectivity index (χ3v) is 14.1. The number of hydrogen-bond donors (Lipinski definition) is 3. The molecule has 0 spiro atoms. The third kappa shape index (κ3) is 52.0. The molecule has 6 nitrogen and oxygen atoms in total. The van der Waals surface area contributed by atoms with E-state index in [0.717, 1.165) is 44.9 Å². The molecule has 0 aliphatic heterocycles. The Kier molecular flexibility index (Phi) is 55.0. The molecule has 0 rings (SSSR count). The molecular formula is C60H117NO5. The number of amides is 1. The molecule has 2 atom stereocenters. The van der Waals surface area contributed by atoms with Gasteiger partial charge in [0.1, 0.15) is 0 Å². The largest absolute Gasteiger partial charge is 0.466 e. The lowest BCUT2D eigenvalue weighted by atomic mass is 10.0. The highest BCUT2D eigenvalue weighted by atomic mass is 16.5. The third-order valence-electron chi connectivity index (χ3n) is 14.1. The van der Waals surface area contributed by atoms with Crippen LogP contribution in [0.3, 0.4) is 0 Å². The van der Waals surface area contributed by atoms with Crippen molar-refractivity contribution in [1.82, 2.24) is 5.32 Å². The summed E-state index contributed by atoms with van der Waals surface area (Å²) in [5.74, 6) is -0.0300. The van der Waals surface area contributed by atoms with Crippen LogP contribution in [0.15, 0.2) is 12.2 Å². The summed E-state index contributed by atoms with van der Waals surface area (Å²) in [7, 11) is 0. The summed E-state index contributed by atoms with van der Waals surface area (Å²) < 4.78 is 5.48. The van der Waals surface area contributed by atoms with Gasteiger partial charge in [0.15, 0.2) is 0 Å². The zero-order chi connectivity index (χ0) is 47.9. The van der Waals surface area contributed by atoms with Crippen LogP contribution in [0.5, 0.6) is 0 Å². The lowest BCUT2D eigenvalue weighted by molar-refractivity contribution is -0.143. The summed E-state index contributed by atoms with van der Waals surface area (Å²) in [4.78, 5) is 24.5. The van der Waals surface area contributed by atoms with E-state index in [0.29, 0.717) is 25.9 Å². The molecule has 0 aromatic heterocycles. The van der Waals surface area contributed by atoms with Gasteiger partial charge in [-0.05, 0) is 51.4 Å². The van der Waals surface area contributed by atoms with Crippen molar-refractivity contribution >= 4 is 11.9 Å². The number of unbranched alkanes of at least 4 members (excludes halogenated alkanes) is 43. The molecule has 6 heteroatoms. The van der Waals surface area contributed by atoms with Gasteiger partial charge < -0.3 is 20.3 Å². The van der Waals surface area contributed by atoms with Gasteiger partial charge in [0.05, 0.1) is 25.4 Å². The number of esters is 1. The normalized spacial score (nSPS) is 12.6. The van der Waals surface area contributed by atoms with Crippen molar-refractivity contribution < 1.29 is 24.5 Å². The van der Waals surface area contributed by atoms with Crippen molar-refractivity contribution in [1.29, 1.82) is 0 Å². The fourth-order valence-corrected chi connectivity index (χ4v) is 9.46. The van der Waals surface area contributed by atoms with Gasteiger partial charge in [-0.15, -0.1) is 0 Å². The van der Waals surface area contributed by atoms with E-state index >= 15 is 0 Å². The molecule has 0 aromatic carbocycles.